The lowest BCUT2D eigenvalue weighted by Gasteiger charge is -2.05. The highest BCUT2D eigenvalue weighted by Gasteiger charge is 2.26. The molecule has 0 aliphatic carbocycles. The summed E-state index contributed by atoms with van der Waals surface area (Å²) in [7, 11) is 1.42. The second-order valence-electron chi connectivity index (χ2n) is 2.82. The molecule has 0 saturated carbocycles. The standard InChI is InChI=1S/C7H13NO2/c1-5-3-6(8-4-5)7(9)10-2/h5-6,8H,3-4H2,1-2H3/t5?,6-/m1/s1. The minimum Gasteiger partial charge on any atom is -0.468 e. The summed E-state index contributed by atoms with van der Waals surface area (Å²) in [5.41, 5.74) is 0. The van der Waals surface area contributed by atoms with Crippen molar-refractivity contribution in [1.29, 1.82) is 0 Å². The maximum atomic E-state index is 10.9. The van der Waals surface area contributed by atoms with Crippen LogP contribution >= 0.6 is 0 Å². The third-order valence-electron chi connectivity index (χ3n) is 1.84. The van der Waals surface area contributed by atoms with E-state index < -0.39 is 0 Å². The molecule has 0 aromatic rings. The van der Waals surface area contributed by atoms with E-state index >= 15 is 0 Å². The number of rotatable bonds is 1. The van der Waals surface area contributed by atoms with Crippen LogP contribution in [0.2, 0.25) is 0 Å². The monoisotopic (exact) mass is 143 g/mol. The van der Waals surface area contributed by atoms with Crippen molar-refractivity contribution in [2.75, 3.05) is 13.7 Å². The van der Waals surface area contributed by atoms with E-state index in [9.17, 15) is 4.79 Å². The lowest BCUT2D eigenvalue weighted by Crippen LogP contribution is -2.31. The highest BCUT2D eigenvalue weighted by atomic mass is 16.5. The minimum absolute atomic E-state index is 0.0556. The molecule has 0 aromatic carbocycles. The molecule has 1 aliphatic rings. The Labute approximate surface area is 60.7 Å². The van der Waals surface area contributed by atoms with Crippen LogP contribution in [0.5, 0.6) is 0 Å². The van der Waals surface area contributed by atoms with Gasteiger partial charge < -0.3 is 10.1 Å². The average molecular weight is 143 g/mol. The molecule has 2 atom stereocenters. The molecule has 1 unspecified atom stereocenters. The van der Waals surface area contributed by atoms with Gasteiger partial charge >= 0.3 is 5.97 Å². The molecular weight excluding hydrogens is 130 g/mol. The maximum Gasteiger partial charge on any atom is 0.322 e. The predicted octanol–water partition coefficient (Wildman–Crippen LogP) is 0.157. The zero-order chi connectivity index (χ0) is 7.56. The van der Waals surface area contributed by atoms with Crippen molar-refractivity contribution in [2.45, 2.75) is 19.4 Å². The quantitative estimate of drug-likeness (QED) is 0.531. The Hall–Kier alpha value is -0.570. The summed E-state index contributed by atoms with van der Waals surface area (Å²) in [6.45, 7) is 3.05. The van der Waals surface area contributed by atoms with Crippen molar-refractivity contribution in [3.63, 3.8) is 0 Å². The molecule has 1 rings (SSSR count). The molecule has 58 valence electrons. The predicted molar refractivity (Wildman–Crippen MR) is 37.6 cm³/mol. The Kier molecular flexibility index (Phi) is 2.27. The molecule has 0 spiro atoms. The fraction of sp³-hybridized carbons (Fsp3) is 0.857. The normalized spacial score (nSPS) is 32.2. The van der Waals surface area contributed by atoms with E-state index in [2.05, 4.69) is 17.0 Å². The first-order valence-electron chi connectivity index (χ1n) is 3.55. The fourth-order valence-electron chi connectivity index (χ4n) is 1.23. The average Bonchev–Trinajstić information content (AvgIpc) is 2.34. The molecule has 10 heavy (non-hydrogen) atoms. The van der Waals surface area contributed by atoms with Gasteiger partial charge in [-0.2, -0.15) is 0 Å². The van der Waals surface area contributed by atoms with Gasteiger partial charge in [0.15, 0.2) is 0 Å². The maximum absolute atomic E-state index is 10.9. The summed E-state index contributed by atoms with van der Waals surface area (Å²) >= 11 is 0. The molecule has 0 radical (unpaired) electrons. The number of nitrogens with one attached hydrogen (secondary N) is 1. The van der Waals surface area contributed by atoms with Crippen LogP contribution in [0.3, 0.4) is 0 Å². The smallest absolute Gasteiger partial charge is 0.322 e. The third-order valence-corrected chi connectivity index (χ3v) is 1.84. The summed E-state index contributed by atoms with van der Waals surface area (Å²) in [6, 6.07) is -0.0556. The summed E-state index contributed by atoms with van der Waals surface area (Å²) in [5.74, 6) is 0.466. The van der Waals surface area contributed by atoms with Crippen molar-refractivity contribution in [2.24, 2.45) is 5.92 Å². The second kappa shape index (κ2) is 3.01. The lowest BCUT2D eigenvalue weighted by atomic mass is 10.1. The van der Waals surface area contributed by atoms with Crippen molar-refractivity contribution < 1.29 is 9.53 Å². The van der Waals surface area contributed by atoms with Gasteiger partial charge in [0.05, 0.1) is 7.11 Å². The van der Waals surface area contributed by atoms with E-state index in [0.29, 0.717) is 5.92 Å². The Morgan fingerprint density at radius 1 is 1.70 bits per heavy atom. The van der Waals surface area contributed by atoms with Gasteiger partial charge in [-0.15, -0.1) is 0 Å². The number of carbonyl (C=O) groups is 1. The first-order chi connectivity index (χ1) is 4.74. The summed E-state index contributed by atoms with van der Waals surface area (Å²) in [6.07, 6.45) is 0.909. The van der Waals surface area contributed by atoms with E-state index in [4.69, 9.17) is 0 Å². The van der Waals surface area contributed by atoms with Crippen LogP contribution in [0.4, 0.5) is 0 Å². The van der Waals surface area contributed by atoms with E-state index in [1.165, 1.54) is 7.11 Å². The summed E-state index contributed by atoms with van der Waals surface area (Å²) < 4.78 is 4.58. The van der Waals surface area contributed by atoms with Gasteiger partial charge in [-0.3, -0.25) is 4.79 Å². The van der Waals surface area contributed by atoms with Crippen LogP contribution in [0, 0.1) is 5.92 Å². The highest BCUT2D eigenvalue weighted by Crippen LogP contribution is 2.13. The molecule has 0 amide bonds. The molecule has 3 nitrogen and oxygen atoms in total. The zero-order valence-electron chi connectivity index (χ0n) is 6.39. The Balaban J connectivity index is 2.37. The number of carbonyl (C=O) groups excluding carboxylic acids is 1. The van der Waals surface area contributed by atoms with Gasteiger partial charge in [0, 0.05) is 0 Å². The number of hydrogen-bond acceptors (Lipinski definition) is 3. The van der Waals surface area contributed by atoms with E-state index in [1.807, 2.05) is 0 Å². The van der Waals surface area contributed by atoms with Gasteiger partial charge in [0.1, 0.15) is 6.04 Å². The van der Waals surface area contributed by atoms with Crippen molar-refractivity contribution in [1.82, 2.24) is 5.32 Å². The minimum atomic E-state index is -0.135. The zero-order valence-corrected chi connectivity index (χ0v) is 6.39. The molecule has 1 heterocycles. The first-order valence-corrected chi connectivity index (χ1v) is 3.55. The Bertz CT molecular complexity index is 136. The van der Waals surface area contributed by atoms with Crippen molar-refractivity contribution in [3.8, 4) is 0 Å². The van der Waals surface area contributed by atoms with Crippen LogP contribution in [-0.4, -0.2) is 25.7 Å². The van der Waals surface area contributed by atoms with Gasteiger partial charge in [-0.05, 0) is 18.9 Å². The Morgan fingerprint density at radius 2 is 2.40 bits per heavy atom. The number of methoxy groups -OCH3 is 1. The van der Waals surface area contributed by atoms with Crippen LogP contribution in [0.1, 0.15) is 13.3 Å². The Morgan fingerprint density at radius 3 is 2.80 bits per heavy atom. The highest BCUT2D eigenvalue weighted by molar-refractivity contribution is 5.75. The SMILES string of the molecule is COC(=O)[C@H]1CC(C)CN1. The molecule has 1 fully saturated rings. The summed E-state index contributed by atoms with van der Waals surface area (Å²) in [4.78, 5) is 10.9. The van der Waals surface area contributed by atoms with E-state index in [1.54, 1.807) is 0 Å². The van der Waals surface area contributed by atoms with Crippen LogP contribution in [-0.2, 0) is 9.53 Å². The van der Waals surface area contributed by atoms with Crippen molar-refractivity contribution >= 4 is 5.97 Å². The molecule has 0 bridgehead atoms. The number of ether oxygens (including phenoxy) is 1. The molecular formula is C7H13NO2. The molecule has 1 saturated heterocycles. The van der Waals surface area contributed by atoms with Crippen LogP contribution in [0.25, 0.3) is 0 Å². The molecule has 3 heteroatoms. The largest absolute Gasteiger partial charge is 0.468 e. The number of esters is 1. The van der Waals surface area contributed by atoms with Crippen molar-refractivity contribution in [3.05, 3.63) is 0 Å². The molecule has 0 aromatic heterocycles. The molecule has 1 N–H and O–H groups in total. The first kappa shape index (κ1) is 7.54. The lowest BCUT2D eigenvalue weighted by molar-refractivity contribution is -0.142. The fourth-order valence-corrected chi connectivity index (χ4v) is 1.23. The van der Waals surface area contributed by atoms with E-state index in [-0.39, 0.29) is 12.0 Å². The third kappa shape index (κ3) is 1.48. The van der Waals surface area contributed by atoms with Gasteiger partial charge in [0.25, 0.3) is 0 Å². The van der Waals surface area contributed by atoms with Gasteiger partial charge in [-0.25, -0.2) is 0 Å². The molecule has 1 aliphatic heterocycles. The summed E-state index contributed by atoms with van der Waals surface area (Å²) in [5, 5.41) is 3.08. The van der Waals surface area contributed by atoms with Gasteiger partial charge in [0.2, 0.25) is 0 Å². The van der Waals surface area contributed by atoms with Gasteiger partial charge in [-0.1, -0.05) is 6.92 Å². The van der Waals surface area contributed by atoms with Crippen LogP contribution < -0.4 is 5.32 Å². The second-order valence-corrected chi connectivity index (χ2v) is 2.82. The number of hydrogen-bond donors (Lipinski definition) is 1. The van der Waals surface area contributed by atoms with Crippen LogP contribution in [0.15, 0.2) is 0 Å². The van der Waals surface area contributed by atoms with E-state index in [0.717, 1.165) is 13.0 Å². The topological polar surface area (TPSA) is 38.3 Å².